The molecule has 0 aromatic heterocycles. The molecule has 1 saturated heterocycles. The molecule has 0 unspecified atom stereocenters. The first-order chi connectivity index (χ1) is 11.0. The summed E-state index contributed by atoms with van der Waals surface area (Å²) in [7, 11) is 1.50. The van der Waals surface area contributed by atoms with E-state index in [2.05, 4.69) is 0 Å². The van der Waals surface area contributed by atoms with Crippen LogP contribution in [0.4, 0.5) is 0 Å². The number of rotatable bonds is 5. The van der Waals surface area contributed by atoms with Gasteiger partial charge in [0.1, 0.15) is 5.75 Å². The highest BCUT2D eigenvalue weighted by Crippen LogP contribution is 2.37. The number of nitrogens with zero attached hydrogens (tertiary/aromatic N) is 1. The number of piperidine rings is 1. The fourth-order valence-corrected chi connectivity index (χ4v) is 3.45. The average Bonchev–Trinajstić information content (AvgIpc) is 2.56. The molecule has 23 heavy (non-hydrogen) atoms. The highest BCUT2D eigenvalue weighted by molar-refractivity contribution is 6.31. The molecule has 1 aliphatic rings. The first-order valence-electron chi connectivity index (χ1n) is 7.89. The van der Waals surface area contributed by atoms with E-state index in [1.165, 1.54) is 7.11 Å². The van der Waals surface area contributed by atoms with E-state index in [9.17, 15) is 15.0 Å². The van der Waals surface area contributed by atoms with E-state index in [1.807, 2.05) is 6.92 Å². The van der Waals surface area contributed by atoms with Crippen molar-refractivity contribution in [2.75, 3.05) is 26.8 Å². The fourth-order valence-electron chi connectivity index (χ4n) is 3.27. The Kier molecular flexibility index (Phi) is 5.89. The minimum atomic E-state index is -0.740. The minimum Gasteiger partial charge on any atom is -0.496 e. The molecule has 1 heterocycles. The Morgan fingerprint density at radius 2 is 2.26 bits per heavy atom. The molecule has 0 spiro atoms. The Morgan fingerprint density at radius 3 is 2.83 bits per heavy atom. The van der Waals surface area contributed by atoms with E-state index >= 15 is 0 Å². The smallest absolute Gasteiger partial charge is 0.257 e. The largest absolute Gasteiger partial charge is 0.496 e. The number of likely N-dealkylation sites (tertiary alicyclic amines) is 1. The molecule has 0 radical (unpaired) electrons. The second-order valence-electron chi connectivity index (χ2n) is 6.13. The van der Waals surface area contributed by atoms with E-state index < -0.39 is 11.5 Å². The average molecular weight is 342 g/mol. The van der Waals surface area contributed by atoms with Crippen molar-refractivity contribution in [2.24, 2.45) is 5.41 Å². The number of methoxy groups -OCH3 is 1. The van der Waals surface area contributed by atoms with Gasteiger partial charge in [-0.3, -0.25) is 4.79 Å². The van der Waals surface area contributed by atoms with Gasteiger partial charge in [-0.2, -0.15) is 0 Å². The van der Waals surface area contributed by atoms with Gasteiger partial charge in [0.25, 0.3) is 5.91 Å². The number of ether oxygens (including phenoxy) is 1. The summed E-state index contributed by atoms with van der Waals surface area (Å²) < 4.78 is 5.23. The van der Waals surface area contributed by atoms with E-state index in [0.29, 0.717) is 29.3 Å². The lowest BCUT2D eigenvalue weighted by molar-refractivity contribution is -0.0713. The number of hydrogen-bond acceptors (Lipinski definition) is 4. The number of β-amino-alcohol motifs (C(OH)–C–C–N with tert-alkyl or cyclic N) is 1. The number of hydrogen-bond donors (Lipinski definition) is 2. The van der Waals surface area contributed by atoms with Crippen molar-refractivity contribution in [2.45, 2.75) is 32.3 Å². The van der Waals surface area contributed by atoms with Crippen LogP contribution in [0.15, 0.2) is 18.2 Å². The summed E-state index contributed by atoms with van der Waals surface area (Å²) in [5.41, 5.74) is -0.122. The van der Waals surface area contributed by atoms with E-state index in [4.69, 9.17) is 16.3 Å². The lowest BCUT2D eigenvalue weighted by Gasteiger charge is -2.44. The number of aliphatic hydroxyl groups excluding tert-OH is 2. The van der Waals surface area contributed by atoms with Gasteiger partial charge in [0, 0.05) is 23.5 Å². The zero-order valence-electron chi connectivity index (χ0n) is 13.6. The van der Waals surface area contributed by atoms with E-state index in [-0.39, 0.29) is 19.1 Å². The molecule has 6 heteroatoms. The van der Waals surface area contributed by atoms with Crippen LogP contribution in [0.3, 0.4) is 0 Å². The summed E-state index contributed by atoms with van der Waals surface area (Å²) in [6.07, 6.45) is 1.46. The van der Waals surface area contributed by atoms with Gasteiger partial charge in [-0.05, 0) is 31.0 Å². The van der Waals surface area contributed by atoms with Gasteiger partial charge in [0.2, 0.25) is 0 Å². The molecule has 2 atom stereocenters. The van der Waals surface area contributed by atoms with E-state index in [0.717, 1.165) is 12.8 Å². The highest BCUT2D eigenvalue weighted by Gasteiger charge is 2.42. The molecular weight excluding hydrogens is 318 g/mol. The maximum absolute atomic E-state index is 12.7. The van der Waals surface area contributed by atoms with Crippen LogP contribution in [0.2, 0.25) is 5.02 Å². The number of carbonyl (C=O) groups excluding carboxylic acids is 1. The monoisotopic (exact) mass is 341 g/mol. The quantitative estimate of drug-likeness (QED) is 0.862. The van der Waals surface area contributed by atoms with Crippen molar-refractivity contribution in [3.63, 3.8) is 0 Å². The van der Waals surface area contributed by atoms with Gasteiger partial charge in [0.15, 0.2) is 0 Å². The van der Waals surface area contributed by atoms with Crippen LogP contribution in [0.5, 0.6) is 5.75 Å². The first kappa shape index (κ1) is 18.0. The van der Waals surface area contributed by atoms with Gasteiger partial charge in [-0.1, -0.05) is 24.9 Å². The molecule has 0 saturated carbocycles. The van der Waals surface area contributed by atoms with Gasteiger partial charge in [-0.15, -0.1) is 0 Å². The van der Waals surface area contributed by atoms with Gasteiger partial charge in [0.05, 0.1) is 25.4 Å². The summed E-state index contributed by atoms with van der Waals surface area (Å²) in [6, 6.07) is 4.90. The summed E-state index contributed by atoms with van der Waals surface area (Å²) in [6.45, 7) is 2.66. The molecule has 1 aromatic rings. The van der Waals surface area contributed by atoms with Crippen LogP contribution in [-0.4, -0.2) is 53.9 Å². The molecule has 1 aliphatic heterocycles. The number of halogens is 1. The Labute approximate surface area is 141 Å². The van der Waals surface area contributed by atoms with E-state index in [1.54, 1.807) is 23.1 Å². The van der Waals surface area contributed by atoms with Crippen molar-refractivity contribution in [3.8, 4) is 5.75 Å². The zero-order chi connectivity index (χ0) is 17.0. The molecule has 2 N–H and O–H groups in total. The second-order valence-corrected chi connectivity index (χ2v) is 6.57. The lowest BCUT2D eigenvalue weighted by atomic mass is 9.73. The molecule has 1 amide bonds. The first-order valence-corrected chi connectivity index (χ1v) is 8.27. The van der Waals surface area contributed by atoms with Crippen LogP contribution in [0, 0.1) is 5.41 Å². The van der Waals surface area contributed by atoms with Crippen LogP contribution < -0.4 is 4.74 Å². The molecule has 1 fully saturated rings. The third-order valence-electron chi connectivity index (χ3n) is 4.72. The Morgan fingerprint density at radius 1 is 1.52 bits per heavy atom. The fraction of sp³-hybridized carbons (Fsp3) is 0.588. The minimum absolute atomic E-state index is 0.0650. The summed E-state index contributed by atoms with van der Waals surface area (Å²) >= 11 is 5.99. The second kappa shape index (κ2) is 7.51. The van der Waals surface area contributed by atoms with Crippen molar-refractivity contribution in [1.82, 2.24) is 4.90 Å². The Balaban J connectivity index is 2.19. The number of benzene rings is 1. The van der Waals surface area contributed by atoms with Crippen molar-refractivity contribution in [3.05, 3.63) is 28.8 Å². The predicted octanol–water partition coefficient (Wildman–Crippen LogP) is 2.33. The third kappa shape index (κ3) is 3.62. The number of aliphatic hydroxyl groups is 2. The van der Waals surface area contributed by atoms with Gasteiger partial charge < -0.3 is 19.8 Å². The van der Waals surface area contributed by atoms with Crippen LogP contribution in [0.25, 0.3) is 0 Å². The predicted molar refractivity (Wildman–Crippen MR) is 89.0 cm³/mol. The van der Waals surface area contributed by atoms with Crippen LogP contribution in [0.1, 0.15) is 36.5 Å². The summed E-state index contributed by atoms with van der Waals surface area (Å²) in [4.78, 5) is 14.3. The van der Waals surface area contributed by atoms with Crippen LogP contribution in [-0.2, 0) is 0 Å². The molecule has 2 rings (SSSR count). The molecule has 5 nitrogen and oxygen atoms in total. The normalized spacial score (nSPS) is 24.6. The SMILES string of the molecule is CCC[C@]1(CO)CCN(C(=O)c2cc(Cl)ccc2OC)C[C@H]1O. The Hall–Kier alpha value is -1.30. The van der Waals surface area contributed by atoms with Crippen molar-refractivity contribution >= 4 is 17.5 Å². The molecule has 1 aromatic carbocycles. The molecule has 128 valence electrons. The molecule has 0 aliphatic carbocycles. The maximum atomic E-state index is 12.7. The molecule has 0 bridgehead atoms. The standard InChI is InChI=1S/C17H24ClNO4/c1-3-6-17(11-20)7-8-19(10-15(17)21)16(22)13-9-12(18)4-5-14(13)23-2/h4-5,9,15,20-21H,3,6-8,10-11H2,1-2H3/t15-,17-/m1/s1. The lowest BCUT2D eigenvalue weighted by Crippen LogP contribution is -2.54. The third-order valence-corrected chi connectivity index (χ3v) is 4.96. The van der Waals surface area contributed by atoms with Gasteiger partial charge in [-0.25, -0.2) is 0 Å². The summed E-state index contributed by atoms with van der Waals surface area (Å²) in [5, 5.41) is 20.6. The summed E-state index contributed by atoms with van der Waals surface area (Å²) in [5.74, 6) is 0.243. The zero-order valence-corrected chi connectivity index (χ0v) is 14.3. The topological polar surface area (TPSA) is 70.0 Å². The Bertz CT molecular complexity index is 566. The van der Waals surface area contributed by atoms with Crippen molar-refractivity contribution < 1.29 is 19.7 Å². The highest BCUT2D eigenvalue weighted by atomic mass is 35.5. The molecular formula is C17H24ClNO4. The van der Waals surface area contributed by atoms with Gasteiger partial charge >= 0.3 is 0 Å². The number of carbonyl (C=O) groups is 1. The maximum Gasteiger partial charge on any atom is 0.257 e. The van der Waals surface area contributed by atoms with Crippen LogP contribution >= 0.6 is 11.6 Å². The van der Waals surface area contributed by atoms with Crippen molar-refractivity contribution in [1.29, 1.82) is 0 Å². The number of amides is 1.